The molecule has 1 aliphatic rings. The monoisotopic (exact) mass is 646 g/mol. The summed E-state index contributed by atoms with van der Waals surface area (Å²) in [5.74, 6) is 0.501. The standard InChI is InChI=1S/C39H51FN2O5/c1-26(41-37(44)47-39(5,6)7)32-17-13-18-33(36(32)40)30-20-28(21-31(22-30)42(8)24-27-14-9-10-15-27)25-45-34-19-12-11-16-29(34)23-35(43)46-38(2,3)4/h11-13,16-22,26-27H,9-10,14-15,23-25H2,1-8H3,(H,41,44). The van der Waals surface area contributed by atoms with Crippen LogP contribution in [0.1, 0.15) is 96.9 Å². The topological polar surface area (TPSA) is 77.1 Å². The number of para-hydroxylation sites is 1. The fourth-order valence-corrected chi connectivity index (χ4v) is 5.97. The first kappa shape index (κ1) is 35.8. The molecule has 0 aliphatic heterocycles. The second-order valence-corrected chi connectivity index (χ2v) is 14.7. The van der Waals surface area contributed by atoms with E-state index in [4.69, 9.17) is 14.2 Å². The summed E-state index contributed by atoms with van der Waals surface area (Å²) in [4.78, 5) is 27.3. The summed E-state index contributed by atoms with van der Waals surface area (Å²) in [5, 5.41) is 2.76. The van der Waals surface area contributed by atoms with Crippen molar-refractivity contribution < 1.29 is 28.2 Å². The Hall–Kier alpha value is -4.07. The van der Waals surface area contributed by atoms with Crippen LogP contribution in [-0.2, 0) is 27.3 Å². The number of benzene rings is 3. The zero-order valence-corrected chi connectivity index (χ0v) is 29.2. The van der Waals surface area contributed by atoms with Gasteiger partial charge in [-0.15, -0.1) is 0 Å². The van der Waals surface area contributed by atoms with E-state index >= 15 is 4.39 Å². The first-order valence-electron chi connectivity index (χ1n) is 16.6. The van der Waals surface area contributed by atoms with Crippen molar-refractivity contribution in [2.75, 3.05) is 18.5 Å². The second-order valence-electron chi connectivity index (χ2n) is 14.7. The lowest BCUT2D eigenvalue weighted by molar-refractivity contribution is -0.153. The molecule has 1 N–H and O–H groups in total. The van der Waals surface area contributed by atoms with Crippen LogP contribution in [0.15, 0.2) is 60.7 Å². The van der Waals surface area contributed by atoms with Crippen molar-refractivity contribution in [3.05, 3.63) is 83.2 Å². The first-order valence-corrected chi connectivity index (χ1v) is 16.6. The molecule has 0 heterocycles. The van der Waals surface area contributed by atoms with Crippen LogP contribution in [0, 0.1) is 11.7 Å². The SMILES string of the molecule is CC(NC(=O)OC(C)(C)C)c1cccc(-c2cc(COc3ccccc3CC(=O)OC(C)(C)C)cc(N(C)CC3CCCC3)c2)c1F. The molecule has 1 unspecified atom stereocenters. The number of carbonyl (C=O) groups excluding carboxylic acids is 2. The van der Waals surface area contributed by atoms with E-state index < -0.39 is 29.2 Å². The van der Waals surface area contributed by atoms with Crippen molar-refractivity contribution in [1.29, 1.82) is 0 Å². The normalized spacial score (nSPS) is 14.4. The van der Waals surface area contributed by atoms with E-state index in [2.05, 4.69) is 23.3 Å². The van der Waals surface area contributed by atoms with Gasteiger partial charge in [-0.05, 0) is 103 Å². The van der Waals surface area contributed by atoms with Crippen molar-refractivity contribution in [3.63, 3.8) is 0 Å². The molecule has 1 saturated carbocycles. The van der Waals surface area contributed by atoms with Crippen LogP contribution >= 0.6 is 0 Å². The van der Waals surface area contributed by atoms with E-state index in [-0.39, 0.29) is 19.0 Å². The maximum absolute atomic E-state index is 16.3. The number of anilines is 1. The number of nitrogens with one attached hydrogen (secondary N) is 1. The summed E-state index contributed by atoms with van der Waals surface area (Å²) in [7, 11) is 2.08. The molecule has 1 amide bonds. The van der Waals surface area contributed by atoms with Crippen LogP contribution in [0.3, 0.4) is 0 Å². The van der Waals surface area contributed by atoms with Gasteiger partial charge >= 0.3 is 12.1 Å². The summed E-state index contributed by atoms with van der Waals surface area (Å²) in [6.07, 6.45) is 4.44. The molecule has 1 fully saturated rings. The number of carbonyl (C=O) groups is 2. The third kappa shape index (κ3) is 10.7. The van der Waals surface area contributed by atoms with E-state index in [9.17, 15) is 9.59 Å². The first-order chi connectivity index (χ1) is 22.1. The Morgan fingerprint density at radius 1 is 0.936 bits per heavy atom. The summed E-state index contributed by atoms with van der Waals surface area (Å²) in [5.41, 5.74) is 2.85. The average Bonchev–Trinajstić information content (AvgIpc) is 3.47. The Morgan fingerprint density at radius 2 is 1.62 bits per heavy atom. The van der Waals surface area contributed by atoms with E-state index in [0.717, 1.165) is 23.4 Å². The van der Waals surface area contributed by atoms with Gasteiger partial charge in [0, 0.05) is 36.0 Å². The molecule has 3 aromatic rings. The van der Waals surface area contributed by atoms with Crippen molar-refractivity contribution >= 4 is 17.7 Å². The van der Waals surface area contributed by atoms with Gasteiger partial charge in [-0.3, -0.25) is 4.79 Å². The Labute approximate surface area is 279 Å². The van der Waals surface area contributed by atoms with Crippen molar-refractivity contribution in [3.8, 4) is 16.9 Å². The fraction of sp³-hybridized carbons (Fsp3) is 0.487. The van der Waals surface area contributed by atoms with Gasteiger partial charge in [0.05, 0.1) is 12.5 Å². The van der Waals surface area contributed by atoms with E-state index in [1.807, 2.05) is 57.2 Å². The lowest BCUT2D eigenvalue weighted by Gasteiger charge is -2.25. The number of esters is 1. The molecule has 0 aromatic heterocycles. The van der Waals surface area contributed by atoms with Crippen LogP contribution in [0.25, 0.3) is 11.1 Å². The minimum absolute atomic E-state index is 0.0936. The molecule has 254 valence electrons. The number of alkyl carbamates (subject to hydrolysis) is 1. The minimum Gasteiger partial charge on any atom is -0.489 e. The highest BCUT2D eigenvalue weighted by molar-refractivity contribution is 5.74. The maximum atomic E-state index is 16.3. The lowest BCUT2D eigenvalue weighted by Crippen LogP contribution is -2.34. The largest absolute Gasteiger partial charge is 0.489 e. The van der Waals surface area contributed by atoms with Gasteiger partial charge in [-0.2, -0.15) is 0 Å². The number of halogens is 1. The minimum atomic E-state index is -0.663. The number of amides is 1. The van der Waals surface area contributed by atoms with E-state index in [1.165, 1.54) is 25.7 Å². The molecule has 3 aromatic carbocycles. The zero-order valence-electron chi connectivity index (χ0n) is 29.2. The highest BCUT2D eigenvalue weighted by Gasteiger charge is 2.23. The molecule has 1 aliphatic carbocycles. The number of hydrogen-bond acceptors (Lipinski definition) is 6. The summed E-state index contributed by atoms with van der Waals surface area (Å²) < 4.78 is 33.5. The van der Waals surface area contributed by atoms with Gasteiger partial charge in [-0.1, -0.05) is 49.2 Å². The van der Waals surface area contributed by atoms with Gasteiger partial charge in [0.15, 0.2) is 0 Å². The highest BCUT2D eigenvalue weighted by atomic mass is 19.1. The fourth-order valence-electron chi connectivity index (χ4n) is 5.97. The maximum Gasteiger partial charge on any atom is 0.408 e. The summed E-state index contributed by atoms with van der Waals surface area (Å²) >= 11 is 0. The zero-order chi connectivity index (χ0) is 34.4. The second kappa shape index (κ2) is 15.2. The van der Waals surface area contributed by atoms with Gasteiger partial charge < -0.3 is 24.4 Å². The molecule has 0 saturated heterocycles. The Bertz CT molecular complexity index is 1540. The molecule has 7 nitrogen and oxygen atoms in total. The third-order valence-electron chi connectivity index (χ3n) is 8.09. The Morgan fingerprint density at radius 3 is 2.30 bits per heavy atom. The predicted octanol–water partition coefficient (Wildman–Crippen LogP) is 9.17. The molecule has 0 bridgehead atoms. The smallest absolute Gasteiger partial charge is 0.408 e. The number of ether oxygens (including phenoxy) is 3. The van der Waals surface area contributed by atoms with Gasteiger partial charge in [-0.25, -0.2) is 9.18 Å². The Balaban J connectivity index is 1.63. The van der Waals surface area contributed by atoms with Gasteiger partial charge in [0.25, 0.3) is 0 Å². The number of nitrogens with zero attached hydrogens (tertiary/aromatic N) is 1. The molecular weight excluding hydrogens is 595 g/mol. The van der Waals surface area contributed by atoms with Crippen LogP contribution in [0.4, 0.5) is 14.9 Å². The average molecular weight is 647 g/mol. The molecule has 1 atom stereocenters. The highest BCUT2D eigenvalue weighted by Crippen LogP contribution is 2.34. The summed E-state index contributed by atoms with van der Waals surface area (Å²) in [6, 6.07) is 18.1. The van der Waals surface area contributed by atoms with Crippen LogP contribution in [0.2, 0.25) is 0 Å². The van der Waals surface area contributed by atoms with Gasteiger partial charge in [0.2, 0.25) is 0 Å². The molecule has 0 radical (unpaired) electrons. The van der Waals surface area contributed by atoms with Crippen LogP contribution < -0.4 is 15.0 Å². The summed E-state index contributed by atoms with van der Waals surface area (Å²) in [6.45, 7) is 13.8. The number of rotatable bonds is 11. The molecule has 47 heavy (non-hydrogen) atoms. The molecular formula is C39H51FN2O5. The van der Waals surface area contributed by atoms with Crippen LogP contribution in [0.5, 0.6) is 5.75 Å². The van der Waals surface area contributed by atoms with Crippen molar-refractivity contribution in [1.82, 2.24) is 5.32 Å². The lowest BCUT2D eigenvalue weighted by atomic mass is 9.96. The van der Waals surface area contributed by atoms with Gasteiger partial charge in [0.1, 0.15) is 29.4 Å². The van der Waals surface area contributed by atoms with Crippen molar-refractivity contribution in [2.45, 2.75) is 104 Å². The Kier molecular flexibility index (Phi) is 11.6. The van der Waals surface area contributed by atoms with Crippen molar-refractivity contribution in [2.24, 2.45) is 5.92 Å². The predicted molar refractivity (Wildman–Crippen MR) is 185 cm³/mol. The molecule has 4 rings (SSSR count). The van der Waals surface area contributed by atoms with E-state index in [1.54, 1.807) is 45.9 Å². The molecule has 0 spiro atoms. The quantitative estimate of drug-likeness (QED) is 0.209. The third-order valence-corrected chi connectivity index (χ3v) is 8.09. The molecule has 8 heteroatoms. The van der Waals surface area contributed by atoms with Crippen LogP contribution in [-0.4, -0.2) is 36.9 Å². The van der Waals surface area contributed by atoms with E-state index in [0.29, 0.717) is 28.4 Å². The number of hydrogen-bond donors (Lipinski definition) is 1.